The van der Waals surface area contributed by atoms with E-state index in [-0.39, 0.29) is 0 Å². The van der Waals surface area contributed by atoms with E-state index in [4.69, 9.17) is 10.2 Å². The number of rotatable bonds is 7. The first-order valence-corrected chi connectivity index (χ1v) is 5.46. The number of hydrogen-bond donors (Lipinski definition) is 2. The Kier molecular flexibility index (Phi) is 5.93. The number of carboxylic acids is 2. The van der Waals surface area contributed by atoms with E-state index in [9.17, 15) is 27.2 Å². The maximum atomic E-state index is 13.3. The summed E-state index contributed by atoms with van der Waals surface area (Å²) >= 11 is 0. The van der Waals surface area contributed by atoms with Gasteiger partial charge in [-0.25, -0.2) is 9.59 Å². The normalized spacial score (nSPS) is 14.3. The van der Waals surface area contributed by atoms with E-state index in [1.54, 1.807) is 0 Å². The molecule has 0 aromatic rings. The molecule has 8 heteroatoms. The van der Waals surface area contributed by atoms with Gasteiger partial charge in [0.2, 0.25) is 0 Å². The summed E-state index contributed by atoms with van der Waals surface area (Å²) in [5.74, 6) is -11.9. The Morgan fingerprint density at radius 2 is 1.10 bits per heavy atom. The van der Waals surface area contributed by atoms with E-state index in [1.165, 1.54) is 0 Å². The highest BCUT2D eigenvalue weighted by atomic mass is 19.3. The molecule has 0 aliphatic rings. The molecule has 0 heterocycles. The molecule has 0 aliphatic heterocycles. The maximum absolute atomic E-state index is 13.3. The van der Waals surface area contributed by atoms with Crippen molar-refractivity contribution >= 4 is 11.9 Å². The second kappa shape index (κ2) is 6.53. The lowest BCUT2D eigenvalue weighted by molar-refractivity contribution is -0.204. The van der Waals surface area contributed by atoms with E-state index in [2.05, 4.69) is 0 Å². The van der Waals surface area contributed by atoms with Crippen LogP contribution in [0.4, 0.5) is 17.6 Å². The molecule has 0 aromatic heterocycles. The van der Waals surface area contributed by atoms with Gasteiger partial charge in [-0.15, -0.1) is 0 Å². The Bertz CT molecular complexity index is 410. The summed E-state index contributed by atoms with van der Waals surface area (Å²) in [6.45, 7) is 2.01. The molecule has 0 bridgehead atoms. The van der Waals surface area contributed by atoms with Gasteiger partial charge in [0.1, 0.15) is 0 Å². The molecule has 2 N–H and O–H groups in total. The Labute approximate surface area is 112 Å². The minimum atomic E-state index is -4.47. The molecule has 0 fully saturated rings. The lowest BCUT2D eigenvalue weighted by Gasteiger charge is -2.24. The minimum absolute atomic E-state index is 0.474. The minimum Gasteiger partial charge on any atom is -0.478 e. The molecular weight excluding hydrogens is 284 g/mol. The predicted octanol–water partition coefficient (Wildman–Crippen LogP) is 3.10. The highest BCUT2D eigenvalue weighted by Gasteiger charge is 2.54. The van der Waals surface area contributed by atoms with E-state index >= 15 is 0 Å². The molecule has 114 valence electrons. The summed E-state index contributed by atoms with van der Waals surface area (Å²) in [6, 6.07) is 0. The zero-order chi connectivity index (χ0) is 16.1. The summed E-state index contributed by atoms with van der Waals surface area (Å²) in [5, 5.41) is 16.9. The molecule has 0 aromatic carbocycles. The first kappa shape index (κ1) is 18.1. The molecule has 0 saturated carbocycles. The third-order valence-electron chi connectivity index (χ3n) is 2.54. The lowest BCUT2D eigenvalue weighted by Crippen LogP contribution is -2.39. The van der Waals surface area contributed by atoms with Gasteiger partial charge in [0.25, 0.3) is 0 Å². The van der Waals surface area contributed by atoms with Crippen molar-refractivity contribution in [2.45, 2.75) is 38.5 Å². The average Bonchev–Trinajstić information content (AvgIpc) is 2.32. The van der Waals surface area contributed by atoms with Crippen molar-refractivity contribution in [2.24, 2.45) is 0 Å². The largest absolute Gasteiger partial charge is 0.478 e. The van der Waals surface area contributed by atoms with Crippen LogP contribution in [0.3, 0.4) is 0 Å². The summed E-state index contributed by atoms with van der Waals surface area (Å²) in [7, 11) is 0. The molecule has 0 spiro atoms. The number of carbonyl (C=O) groups is 2. The van der Waals surface area contributed by atoms with Crippen molar-refractivity contribution in [3.63, 3.8) is 0 Å². The standard InChI is InChI=1S/C12H14F4O4/c1-7(9(17)18)3-5-11(13,14)12(15,16)6-4-8(2)10(19)20/h3-4H,5-6H2,1-2H3,(H,17,18)(H,19,20). The van der Waals surface area contributed by atoms with E-state index in [1.807, 2.05) is 0 Å². The van der Waals surface area contributed by atoms with Crippen LogP contribution in [0.15, 0.2) is 23.3 Å². The second-order valence-electron chi connectivity index (χ2n) is 4.20. The smallest absolute Gasteiger partial charge is 0.330 e. The second-order valence-corrected chi connectivity index (χ2v) is 4.20. The van der Waals surface area contributed by atoms with Crippen molar-refractivity contribution in [3.05, 3.63) is 23.3 Å². The van der Waals surface area contributed by atoms with Crippen molar-refractivity contribution in [1.29, 1.82) is 0 Å². The first-order chi connectivity index (χ1) is 8.90. The number of hydrogen-bond acceptors (Lipinski definition) is 2. The van der Waals surface area contributed by atoms with Gasteiger partial charge in [0, 0.05) is 24.0 Å². The van der Waals surface area contributed by atoms with Gasteiger partial charge in [-0.05, 0) is 13.8 Å². The predicted molar refractivity (Wildman–Crippen MR) is 61.9 cm³/mol. The maximum Gasteiger partial charge on any atom is 0.330 e. The Morgan fingerprint density at radius 3 is 1.30 bits per heavy atom. The molecule has 4 nitrogen and oxygen atoms in total. The molecule has 0 atom stereocenters. The third kappa shape index (κ3) is 5.02. The molecule has 0 amide bonds. The van der Waals surface area contributed by atoms with Gasteiger partial charge >= 0.3 is 23.8 Å². The van der Waals surface area contributed by atoms with Crippen LogP contribution >= 0.6 is 0 Å². The molecule has 0 aliphatic carbocycles. The monoisotopic (exact) mass is 298 g/mol. The number of alkyl halides is 4. The van der Waals surface area contributed by atoms with Crippen molar-refractivity contribution in [2.75, 3.05) is 0 Å². The van der Waals surface area contributed by atoms with Crippen LogP contribution in [0.2, 0.25) is 0 Å². The highest BCUT2D eigenvalue weighted by molar-refractivity contribution is 5.86. The van der Waals surface area contributed by atoms with Crippen LogP contribution in [-0.4, -0.2) is 34.0 Å². The molecule has 0 radical (unpaired) electrons. The van der Waals surface area contributed by atoms with Crippen molar-refractivity contribution in [1.82, 2.24) is 0 Å². The van der Waals surface area contributed by atoms with Gasteiger partial charge in [-0.1, -0.05) is 12.2 Å². The van der Waals surface area contributed by atoms with Crippen molar-refractivity contribution in [3.8, 4) is 0 Å². The number of allylic oxidation sites excluding steroid dienone is 2. The van der Waals surface area contributed by atoms with Crippen LogP contribution in [0.1, 0.15) is 26.7 Å². The fourth-order valence-electron chi connectivity index (χ4n) is 1.04. The average molecular weight is 298 g/mol. The van der Waals surface area contributed by atoms with Gasteiger partial charge in [0.05, 0.1) is 0 Å². The topological polar surface area (TPSA) is 74.6 Å². The van der Waals surface area contributed by atoms with E-state index in [0.29, 0.717) is 12.2 Å². The van der Waals surface area contributed by atoms with E-state index < -0.39 is 47.8 Å². The van der Waals surface area contributed by atoms with Crippen LogP contribution in [0, 0.1) is 0 Å². The number of halogens is 4. The highest BCUT2D eigenvalue weighted by Crippen LogP contribution is 2.40. The molecule has 0 rings (SSSR count). The van der Waals surface area contributed by atoms with Crippen LogP contribution in [-0.2, 0) is 9.59 Å². The zero-order valence-corrected chi connectivity index (χ0v) is 10.8. The fraction of sp³-hybridized carbons (Fsp3) is 0.500. The number of aliphatic carboxylic acids is 2. The SMILES string of the molecule is CC(=CCC(F)(F)C(F)(F)CC=C(C)C(=O)O)C(=O)O. The third-order valence-corrected chi connectivity index (χ3v) is 2.54. The lowest BCUT2D eigenvalue weighted by atomic mass is 10.0. The summed E-state index contributed by atoms with van der Waals surface area (Å²) in [5.41, 5.74) is -0.949. The van der Waals surface area contributed by atoms with Crippen LogP contribution in [0.25, 0.3) is 0 Å². The first-order valence-electron chi connectivity index (χ1n) is 5.46. The Morgan fingerprint density at radius 1 is 0.850 bits per heavy atom. The molecule has 20 heavy (non-hydrogen) atoms. The fourth-order valence-corrected chi connectivity index (χ4v) is 1.04. The summed E-state index contributed by atoms with van der Waals surface area (Å²) < 4.78 is 53.3. The molecular formula is C12H14F4O4. The summed E-state index contributed by atoms with van der Waals surface area (Å²) in [4.78, 5) is 20.8. The zero-order valence-electron chi connectivity index (χ0n) is 10.8. The number of carboxylic acid groups (broad SMARTS) is 2. The van der Waals surface area contributed by atoms with Crippen LogP contribution < -0.4 is 0 Å². The summed E-state index contributed by atoms with van der Waals surface area (Å²) in [6.07, 6.45) is -1.88. The van der Waals surface area contributed by atoms with Gasteiger partial charge in [0.15, 0.2) is 0 Å². The Balaban J connectivity index is 4.98. The Hall–Kier alpha value is -1.86. The van der Waals surface area contributed by atoms with Gasteiger partial charge in [-0.3, -0.25) is 0 Å². The molecule has 0 unspecified atom stereocenters. The van der Waals surface area contributed by atoms with Crippen LogP contribution in [0.5, 0.6) is 0 Å². The molecule has 0 saturated heterocycles. The van der Waals surface area contributed by atoms with Crippen molar-refractivity contribution < 1.29 is 37.4 Å². The quantitative estimate of drug-likeness (QED) is 0.559. The van der Waals surface area contributed by atoms with E-state index in [0.717, 1.165) is 13.8 Å². The van der Waals surface area contributed by atoms with Gasteiger partial charge in [-0.2, -0.15) is 17.6 Å². The van der Waals surface area contributed by atoms with Gasteiger partial charge < -0.3 is 10.2 Å².